The van der Waals surface area contributed by atoms with Gasteiger partial charge in [-0.15, -0.1) is 18.3 Å². The number of carbonyl (C=O) groups excluding carboxylic acids is 3. The molecule has 3 N–H and O–H groups in total. The lowest BCUT2D eigenvalue weighted by Crippen LogP contribution is -2.48. The number of nitrogens with zero attached hydrogens (tertiary/aromatic N) is 6. The number of rotatable bonds is 9. The van der Waals surface area contributed by atoms with Crippen LogP contribution in [0.5, 0.6) is 5.75 Å². The maximum atomic E-state index is 15.5. The number of pyridine rings is 1. The van der Waals surface area contributed by atoms with E-state index in [4.69, 9.17) is 31.0 Å². The largest absolute Gasteiger partial charge is 0.513 e. The predicted molar refractivity (Wildman–Crippen MR) is 222 cm³/mol. The zero-order chi connectivity index (χ0) is 46.7. The second-order valence-corrected chi connectivity index (χ2v) is 13.2. The molecular weight excluding hydrogens is 849 g/mol. The van der Waals surface area contributed by atoms with Gasteiger partial charge >= 0.3 is 6.18 Å². The maximum absolute atomic E-state index is 15.5. The number of anilines is 1. The van der Waals surface area contributed by atoms with Gasteiger partial charge in [0.05, 0.1) is 66.9 Å². The molecule has 1 aromatic carbocycles. The molecule has 338 valence electrons. The number of aliphatic hydroxyl groups is 1. The Morgan fingerprint density at radius 2 is 1.87 bits per heavy atom. The molecule has 0 aliphatic carbocycles. The number of likely N-dealkylation sites (tertiary alicyclic amines) is 1. The number of allylic oxidation sites excluding steroid dienone is 2. The molecule has 15 nitrogen and oxygen atoms in total. The molecule has 1 saturated heterocycles. The summed E-state index contributed by atoms with van der Waals surface area (Å²) in [6.07, 6.45) is -2.23. The molecule has 2 aliphatic heterocycles. The third-order valence-corrected chi connectivity index (χ3v) is 9.31. The molecule has 0 spiro atoms. The van der Waals surface area contributed by atoms with Gasteiger partial charge in [0.2, 0.25) is 11.7 Å². The van der Waals surface area contributed by atoms with Crippen molar-refractivity contribution in [1.82, 2.24) is 29.0 Å². The van der Waals surface area contributed by atoms with Crippen molar-refractivity contribution in [3.8, 4) is 5.75 Å². The van der Waals surface area contributed by atoms with Crippen LogP contribution in [-0.2, 0) is 31.8 Å². The Bertz CT molecular complexity index is 2230. The Labute approximate surface area is 359 Å². The van der Waals surface area contributed by atoms with E-state index < -0.39 is 54.0 Å². The van der Waals surface area contributed by atoms with Crippen molar-refractivity contribution in [2.45, 2.75) is 71.1 Å². The number of aromatic hydroxyl groups is 1. The lowest BCUT2D eigenvalue weighted by molar-refractivity contribution is -0.137. The van der Waals surface area contributed by atoms with Gasteiger partial charge in [0, 0.05) is 25.2 Å². The van der Waals surface area contributed by atoms with Crippen LogP contribution in [0.25, 0.3) is 11.4 Å². The topological polar surface area (TPSA) is 190 Å². The van der Waals surface area contributed by atoms with Gasteiger partial charge in [-0.25, -0.2) is 9.37 Å². The molecule has 2 amide bonds. The first-order chi connectivity index (χ1) is 29.6. The first-order valence-corrected chi connectivity index (χ1v) is 19.2. The van der Waals surface area contributed by atoms with E-state index in [1.165, 1.54) is 33.9 Å². The van der Waals surface area contributed by atoms with Crippen molar-refractivity contribution < 1.29 is 56.0 Å². The van der Waals surface area contributed by atoms with Crippen molar-refractivity contribution in [1.29, 1.82) is 0 Å². The van der Waals surface area contributed by atoms with E-state index in [1.807, 2.05) is 20.6 Å². The Morgan fingerprint density at radius 3 is 2.42 bits per heavy atom. The molecule has 0 bridgehead atoms. The Balaban J connectivity index is 0.000000992. The zero-order valence-electron chi connectivity index (χ0n) is 34.5. The lowest BCUT2D eigenvalue weighted by Gasteiger charge is -2.36. The van der Waals surface area contributed by atoms with Crippen LogP contribution in [0, 0.1) is 0 Å². The van der Waals surface area contributed by atoms with Gasteiger partial charge in [-0.3, -0.25) is 18.8 Å². The number of ether oxygens (including phenoxy) is 2. The normalized spacial score (nSPS) is 16.6. The predicted octanol–water partition coefficient (Wildman–Crippen LogP) is 7.50. The molecule has 0 saturated carbocycles. The lowest BCUT2D eigenvalue weighted by atomic mass is 10.0. The number of fused-ring (bicyclic) bond motifs is 1. The van der Waals surface area contributed by atoms with Gasteiger partial charge in [-0.2, -0.15) is 22.7 Å². The number of piperidine rings is 1. The monoisotopic (exact) mass is 897 g/mol. The van der Waals surface area contributed by atoms with E-state index >= 15 is 4.39 Å². The van der Waals surface area contributed by atoms with Gasteiger partial charge < -0.3 is 39.3 Å². The fraction of sp³-hybridized carbons (Fsp3) is 0.390. The number of aromatic nitrogens is 5. The van der Waals surface area contributed by atoms with Crippen molar-refractivity contribution in [3.63, 3.8) is 0 Å². The third kappa shape index (κ3) is 13.8. The van der Waals surface area contributed by atoms with E-state index in [1.54, 1.807) is 19.1 Å². The third-order valence-electron chi connectivity index (χ3n) is 8.99. The average molecular weight is 898 g/mol. The standard InChI is InChI=1S/C32H30ClF4N7O6.C5H10O.C2H4.CH3F.CH2O/c1-17(50-25-6-10-42(15-21(25)34)30(48)28-24(45)3-2-9-38-28)23-14-27(47)44-31(40-29(41-44)18-7-11-49-12-8-18)43(23)16-26(46)39-22-5-4-19(13-20(22)33)32(35,36)37;1-3-5(6)4-2;3*1-2/h2-5,7,9,13-14,17,21,25,45H,6,8,10-12,15-16H2,1H3,(H,39,46);3,6H,4H2,1-2H3;1-2H2;1H3;1H2/b;5-3+;;;/t17-,21?,25?;;;;/m1..../s1. The Morgan fingerprint density at radius 1 is 1.18 bits per heavy atom. The summed E-state index contributed by atoms with van der Waals surface area (Å²) in [7, 11) is 0.500. The Hall–Kier alpha value is -5.99. The highest BCUT2D eigenvalue weighted by atomic mass is 35.5. The van der Waals surface area contributed by atoms with E-state index in [0.717, 1.165) is 28.6 Å². The van der Waals surface area contributed by atoms with Crippen molar-refractivity contribution in [3.05, 3.63) is 112 Å². The summed E-state index contributed by atoms with van der Waals surface area (Å²) in [5, 5.41) is 25.0. The highest BCUT2D eigenvalue weighted by Crippen LogP contribution is 2.34. The summed E-state index contributed by atoms with van der Waals surface area (Å²) in [5.74, 6) is -1.04. The van der Waals surface area contributed by atoms with Crippen LogP contribution in [0.1, 0.15) is 73.7 Å². The van der Waals surface area contributed by atoms with E-state index in [9.17, 15) is 37.1 Å². The van der Waals surface area contributed by atoms with E-state index in [0.29, 0.717) is 38.6 Å². The maximum Gasteiger partial charge on any atom is 0.416 e. The second-order valence-electron chi connectivity index (χ2n) is 12.8. The van der Waals surface area contributed by atoms with Crippen LogP contribution in [0.3, 0.4) is 0 Å². The van der Waals surface area contributed by atoms with Gasteiger partial charge in [-0.05, 0) is 68.7 Å². The van der Waals surface area contributed by atoms with Crippen molar-refractivity contribution in [2.24, 2.45) is 0 Å². The summed E-state index contributed by atoms with van der Waals surface area (Å²) >= 11 is 6.06. The minimum absolute atomic E-state index is 0.0357. The average Bonchev–Trinajstić information content (AvgIpc) is 3.74. The molecule has 4 aromatic rings. The molecule has 2 unspecified atom stereocenters. The molecule has 62 heavy (non-hydrogen) atoms. The first kappa shape index (κ1) is 52.1. The summed E-state index contributed by atoms with van der Waals surface area (Å²) in [6, 6.07) is 6.43. The number of hydrogen-bond donors (Lipinski definition) is 3. The second kappa shape index (κ2) is 25.1. The van der Waals surface area contributed by atoms with Crippen LogP contribution in [0.2, 0.25) is 5.02 Å². The number of carbonyl (C=O) groups is 3. The molecule has 6 rings (SSSR count). The number of benzene rings is 1. The molecule has 3 aromatic heterocycles. The fourth-order valence-electron chi connectivity index (χ4n) is 5.97. The first-order valence-electron chi connectivity index (χ1n) is 18.8. The molecular formula is C41H49ClF5N7O8. The SMILES string of the molecule is C/C=C(/O)CC.C=C.C=O.CF.C[C@@H](OC1CCN(C(=O)c2ncccc2O)CC1F)c1cc(=O)n2nc(C3=CCOCC3)nc2n1CC(=O)Nc1ccc(C(F)(F)F)cc1Cl. The molecule has 1 fully saturated rings. The van der Waals surface area contributed by atoms with Crippen LogP contribution in [0.15, 0.2) is 78.5 Å². The van der Waals surface area contributed by atoms with E-state index in [2.05, 4.69) is 33.5 Å². The minimum atomic E-state index is -4.64. The number of hydrogen-bond acceptors (Lipinski definition) is 11. The van der Waals surface area contributed by atoms with Gasteiger partial charge in [-0.1, -0.05) is 24.6 Å². The van der Waals surface area contributed by atoms with Crippen LogP contribution in [-0.4, -0.2) is 104 Å². The number of halogens is 6. The number of nitrogens with one attached hydrogen (secondary N) is 1. The Kier molecular flexibility index (Phi) is 21.1. The zero-order valence-corrected chi connectivity index (χ0v) is 35.3. The molecule has 21 heteroatoms. The van der Waals surface area contributed by atoms with E-state index in [-0.39, 0.29) is 59.0 Å². The van der Waals surface area contributed by atoms with Crippen molar-refractivity contribution >= 4 is 47.2 Å². The van der Waals surface area contributed by atoms with Gasteiger partial charge in [0.25, 0.3) is 11.5 Å². The fourth-order valence-corrected chi connectivity index (χ4v) is 6.19. The highest BCUT2D eigenvalue weighted by Gasteiger charge is 2.36. The molecule has 3 atom stereocenters. The number of alkyl halides is 5. The highest BCUT2D eigenvalue weighted by molar-refractivity contribution is 6.33. The summed E-state index contributed by atoms with van der Waals surface area (Å²) in [6.45, 7) is 13.2. The quantitative estimate of drug-likeness (QED) is 0.0857. The van der Waals surface area contributed by atoms with Crippen LogP contribution < -0.4 is 10.9 Å². The molecule has 2 aliphatic rings. The van der Waals surface area contributed by atoms with Crippen LogP contribution in [0.4, 0.5) is 27.6 Å². The minimum Gasteiger partial charge on any atom is -0.513 e. The smallest absolute Gasteiger partial charge is 0.416 e. The summed E-state index contributed by atoms with van der Waals surface area (Å²) in [4.78, 5) is 57.2. The van der Waals surface area contributed by atoms with Gasteiger partial charge in [0.1, 0.15) is 25.3 Å². The number of amides is 2. The van der Waals surface area contributed by atoms with Crippen LogP contribution >= 0.6 is 11.6 Å². The van der Waals surface area contributed by atoms with Gasteiger partial charge in [0.15, 0.2) is 11.5 Å². The molecule has 0 radical (unpaired) electrons. The summed E-state index contributed by atoms with van der Waals surface area (Å²) < 4.78 is 78.3. The number of aliphatic hydroxyl groups excluding tert-OH is 1. The summed E-state index contributed by atoms with van der Waals surface area (Å²) in [5.41, 5.74) is -1.02. The van der Waals surface area contributed by atoms with Crippen molar-refractivity contribution in [2.75, 3.05) is 38.8 Å². The molecule has 5 heterocycles.